The first-order valence-corrected chi connectivity index (χ1v) is 8.96. The largest absolute Gasteiger partial charge is 0.455 e. The van der Waals surface area contributed by atoms with Crippen LogP contribution in [0.5, 0.6) is 0 Å². The first kappa shape index (κ1) is 19.2. The highest BCUT2D eigenvalue weighted by Crippen LogP contribution is 2.27. The molecule has 8 heteroatoms. The van der Waals surface area contributed by atoms with E-state index in [1.165, 1.54) is 4.90 Å². The minimum absolute atomic E-state index is 0.0319. The molecular formula is C19H16Cl2N2O4. The number of hydrogen-bond donors (Lipinski definition) is 1. The van der Waals surface area contributed by atoms with E-state index in [1.54, 1.807) is 48.5 Å². The number of esters is 1. The van der Waals surface area contributed by atoms with Crippen LogP contribution in [0.25, 0.3) is 0 Å². The normalized spacial score (nSPS) is 16.3. The van der Waals surface area contributed by atoms with Gasteiger partial charge in [-0.1, -0.05) is 29.3 Å². The van der Waals surface area contributed by atoms with Crippen molar-refractivity contribution < 1.29 is 19.1 Å². The summed E-state index contributed by atoms with van der Waals surface area (Å²) in [6, 6.07) is 13.4. The van der Waals surface area contributed by atoms with Crippen molar-refractivity contribution in [1.29, 1.82) is 0 Å². The second-order valence-electron chi connectivity index (χ2n) is 6.05. The Kier molecular flexibility index (Phi) is 5.98. The molecule has 0 bridgehead atoms. The molecule has 140 valence electrons. The smallest absolute Gasteiger partial charge is 0.311 e. The lowest BCUT2D eigenvalue weighted by Gasteiger charge is -2.16. The monoisotopic (exact) mass is 406 g/mol. The van der Waals surface area contributed by atoms with Crippen LogP contribution in [0.2, 0.25) is 10.0 Å². The molecule has 2 aromatic rings. The van der Waals surface area contributed by atoms with Crippen LogP contribution < -0.4 is 10.2 Å². The molecule has 0 aromatic heterocycles. The zero-order chi connectivity index (χ0) is 19.4. The molecule has 0 saturated carbocycles. The van der Waals surface area contributed by atoms with E-state index in [4.69, 9.17) is 27.9 Å². The SMILES string of the molecule is O=C(COC(=O)[C@H]1CC(=O)N(c2cccc(Cl)c2)C1)Nc1ccc(Cl)cc1. The maximum absolute atomic E-state index is 12.2. The highest BCUT2D eigenvalue weighted by atomic mass is 35.5. The zero-order valence-corrected chi connectivity index (χ0v) is 15.7. The molecule has 1 aliphatic rings. The van der Waals surface area contributed by atoms with Gasteiger partial charge in [-0.3, -0.25) is 14.4 Å². The van der Waals surface area contributed by atoms with Gasteiger partial charge in [-0.05, 0) is 42.5 Å². The quantitative estimate of drug-likeness (QED) is 0.770. The van der Waals surface area contributed by atoms with Gasteiger partial charge in [-0.2, -0.15) is 0 Å². The fourth-order valence-electron chi connectivity index (χ4n) is 2.74. The number of amides is 2. The molecule has 1 heterocycles. The van der Waals surface area contributed by atoms with Gasteiger partial charge in [0, 0.05) is 34.4 Å². The number of hydrogen-bond acceptors (Lipinski definition) is 4. The third kappa shape index (κ3) is 4.99. The van der Waals surface area contributed by atoms with Crippen molar-refractivity contribution in [2.45, 2.75) is 6.42 Å². The maximum Gasteiger partial charge on any atom is 0.311 e. The molecule has 0 unspecified atom stereocenters. The molecule has 2 aromatic carbocycles. The van der Waals surface area contributed by atoms with Crippen LogP contribution in [0.3, 0.4) is 0 Å². The van der Waals surface area contributed by atoms with Crippen molar-refractivity contribution in [1.82, 2.24) is 0 Å². The molecule has 0 aliphatic carbocycles. The number of anilines is 2. The molecular weight excluding hydrogens is 391 g/mol. The first-order valence-electron chi connectivity index (χ1n) is 8.20. The summed E-state index contributed by atoms with van der Waals surface area (Å²) in [5.41, 5.74) is 1.17. The van der Waals surface area contributed by atoms with E-state index in [-0.39, 0.29) is 18.9 Å². The van der Waals surface area contributed by atoms with Crippen LogP contribution in [-0.2, 0) is 19.1 Å². The lowest BCUT2D eigenvalue weighted by atomic mass is 10.1. The van der Waals surface area contributed by atoms with Crippen molar-refractivity contribution >= 4 is 52.4 Å². The van der Waals surface area contributed by atoms with Gasteiger partial charge in [0.2, 0.25) is 5.91 Å². The molecule has 1 fully saturated rings. The highest BCUT2D eigenvalue weighted by molar-refractivity contribution is 6.31. The number of halogens is 2. The summed E-state index contributed by atoms with van der Waals surface area (Å²) in [5, 5.41) is 3.65. The molecule has 1 aliphatic heterocycles. The molecule has 1 atom stereocenters. The van der Waals surface area contributed by atoms with Crippen molar-refractivity contribution in [3.05, 3.63) is 58.6 Å². The number of carbonyl (C=O) groups is 3. The molecule has 2 amide bonds. The van der Waals surface area contributed by atoms with Gasteiger partial charge in [0.05, 0.1) is 5.92 Å². The van der Waals surface area contributed by atoms with E-state index >= 15 is 0 Å². The Labute approximate surface area is 166 Å². The Morgan fingerprint density at radius 2 is 1.85 bits per heavy atom. The summed E-state index contributed by atoms with van der Waals surface area (Å²) >= 11 is 11.7. The fourth-order valence-corrected chi connectivity index (χ4v) is 3.05. The zero-order valence-electron chi connectivity index (χ0n) is 14.2. The van der Waals surface area contributed by atoms with Crippen LogP contribution in [-0.4, -0.2) is 30.9 Å². The Morgan fingerprint density at radius 3 is 2.56 bits per heavy atom. The van der Waals surface area contributed by atoms with Gasteiger partial charge < -0.3 is 15.0 Å². The van der Waals surface area contributed by atoms with Gasteiger partial charge in [-0.15, -0.1) is 0 Å². The van der Waals surface area contributed by atoms with Crippen LogP contribution >= 0.6 is 23.2 Å². The number of nitrogens with one attached hydrogen (secondary N) is 1. The van der Waals surface area contributed by atoms with Crippen LogP contribution in [0, 0.1) is 5.92 Å². The van der Waals surface area contributed by atoms with E-state index in [0.717, 1.165) is 0 Å². The van der Waals surface area contributed by atoms with Gasteiger partial charge in [-0.25, -0.2) is 0 Å². The van der Waals surface area contributed by atoms with Gasteiger partial charge in [0.15, 0.2) is 6.61 Å². The molecule has 1 saturated heterocycles. The van der Waals surface area contributed by atoms with Crippen molar-refractivity contribution in [3.8, 4) is 0 Å². The van der Waals surface area contributed by atoms with Gasteiger partial charge in [0.1, 0.15) is 0 Å². The third-order valence-electron chi connectivity index (χ3n) is 4.05. The van der Waals surface area contributed by atoms with E-state index in [2.05, 4.69) is 5.32 Å². The molecule has 1 N–H and O–H groups in total. The average Bonchev–Trinajstić information content (AvgIpc) is 3.03. The van der Waals surface area contributed by atoms with Crippen LogP contribution in [0.15, 0.2) is 48.5 Å². The summed E-state index contributed by atoms with van der Waals surface area (Å²) in [4.78, 5) is 37.8. The molecule has 27 heavy (non-hydrogen) atoms. The summed E-state index contributed by atoms with van der Waals surface area (Å²) in [7, 11) is 0. The van der Waals surface area contributed by atoms with E-state index in [0.29, 0.717) is 21.4 Å². The average molecular weight is 407 g/mol. The Bertz CT molecular complexity index is 870. The standard InChI is InChI=1S/C19H16Cl2N2O4/c20-13-4-6-15(7-5-13)22-17(24)11-27-19(26)12-8-18(25)23(10-12)16-3-1-2-14(21)9-16/h1-7,9,12H,8,10-11H2,(H,22,24)/t12-/m0/s1. The maximum atomic E-state index is 12.2. The lowest BCUT2D eigenvalue weighted by Crippen LogP contribution is -2.28. The number of nitrogens with zero attached hydrogens (tertiary/aromatic N) is 1. The Hall–Kier alpha value is -2.57. The van der Waals surface area contributed by atoms with E-state index in [9.17, 15) is 14.4 Å². The van der Waals surface area contributed by atoms with Crippen molar-refractivity contribution in [3.63, 3.8) is 0 Å². The second kappa shape index (κ2) is 8.41. The predicted octanol–water partition coefficient (Wildman–Crippen LogP) is 3.53. The van der Waals surface area contributed by atoms with Gasteiger partial charge in [0.25, 0.3) is 5.91 Å². The van der Waals surface area contributed by atoms with Crippen molar-refractivity contribution in [2.75, 3.05) is 23.4 Å². The molecule has 6 nitrogen and oxygen atoms in total. The lowest BCUT2D eigenvalue weighted by molar-refractivity contribution is -0.151. The minimum atomic E-state index is -0.625. The van der Waals surface area contributed by atoms with Crippen LogP contribution in [0.4, 0.5) is 11.4 Å². The molecule has 0 spiro atoms. The highest BCUT2D eigenvalue weighted by Gasteiger charge is 2.36. The topological polar surface area (TPSA) is 75.7 Å². The van der Waals surface area contributed by atoms with Crippen LogP contribution in [0.1, 0.15) is 6.42 Å². The summed E-state index contributed by atoms with van der Waals surface area (Å²) in [5.74, 6) is -1.87. The number of benzene rings is 2. The molecule has 0 radical (unpaired) electrons. The summed E-state index contributed by atoms with van der Waals surface area (Å²) in [6.45, 7) is -0.236. The first-order chi connectivity index (χ1) is 12.9. The Balaban J connectivity index is 1.52. The van der Waals surface area contributed by atoms with E-state index in [1.807, 2.05) is 0 Å². The third-order valence-corrected chi connectivity index (χ3v) is 4.54. The number of carbonyl (C=O) groups excluding carboxylic acids is 3. The number of rotatable bonds is 5. The summed E-state index contributed by atoms with van der Waals surface area (Å²) in [6.07, 6.45) is 0.0319. The molecule has 3 rings (SSSR count). The predicted molar refractivity (Wildman–Crippen MR) is 103 cm³/mol. The fraction of sp³-hybridized carbons (Fsp3) is 0.211. The number of ether oxygens (including phenoxy) is 1. The van der Waals surface area contributed by atoms with Crippen molar-refractivity contribution in [2.24, 2.45) is 5.92 Å². The minimum Gasteiger partial charge on any atom is -0.455 e. The van der Waals surface area contributed by atoms with E-state index < -0.39 is 24.4 Å². The second-order valence-corrected chi connectivity index (χ2v) is 6.92. The Morgan fingerprint density at radius 1 is 1.11 bits per heavy atom. The van der Waals surface area contributed by atoms with Gasteiger partial charge >= 0.3 is 5.97 Å². The summed E-state index contributed by atoms with van der Waals surface area (Å²) < 4.78 is 5.06.